The molecular formula is C19H18N2O3. The normalized spacial score (nSPS) is 10.4. The van der Waals surface area contributed by atoms with E-state index >= 15 is 0 Å². The van der Waals surface area contributed by atoms with E-state index in [0.29, 0.717) is 5.75 Å². The molecule has 0 saturated carbocycles. The fourth-order valence-corrected chi connectivity index (χ4v) is 2.23. The van der Waals surface area contributed by atoms with E-state index < -0.39 is 5.97 Å². The summed E-state index contributed by atoms with van der Waals surface area (Å²) in [5.41, 5.74) is 2.85. The van der Waals surface area contributed by atoms with Crippen LogP contribution in [0, 0.1) is 6.92 Å². The average molecular weight is 322 g/mol. The maximum absolute atomic E-state index is 11.8. The zero-order valence-corrected chi connectivity index (χ0v) is 13.4. The van der Waals surface area contributed by atoms with Gasteiger partial charge in [0, 0.05) is 12.4 Å². The summed E-state index contributed by atoms with van der Waals surface area (Å²) in [7, 11) is 0. The predicted octanol–water partition coefficient (Wildman–Crippen LogP) is 3.30. The quantitative estimate of drug-likeness (QED) is 0.653. The highest BCUT2D eigenvalue weighted by atomic mass is 16.6. The molecule has 0 spiro atoms. The van der Waals surface area contributed by atoms with Gasteiger partial charge in [0.2, 0.25) is 0 Å². The first-order chi connectivity index (χ1) is 11.7. The Bertz CT molecular complexity index is 796. The van der Waals surface area contributed by atoms with Crippen molar-refractivity contribution in [2.75, 3.05) is 6.61 Å². The third-order valence-corrected chi connectivity index (χ3v) is 3.54. The first kappa shape index (κ1) is 15.8. The van der Waals surface area contributed by atoms with Crippen LogP contribution in [0.3, 0.4) is 0 Å². The molecule has 3 rings (SSSR count). The smallest absolute Gasteiger partial charge is 0.344 e. The highest BCUT2D eigenvalue weighted by molar-refractivity contribution is 5.71. The Balaban J connectivity index is 1.48. The first-order valence-electron chi connectivity index (χ1n) is 7.65. The number of aromatic nitrogens is 2. The Morgan fingerprint density at radius 2 is 1.88 bits per heavy atom. The minimum absolute atomic E-state index is 0.101. The molecule has 0 aliphatic rings. The van der Waals surface area contributed by atoms with Gasteiger partial charge in [-0.15, -0.1) is 0 Å². The Hall–Kier alpha value is -3.08. The fraction of sp³-hybridized carbons (Fsp3) is 0.158. The van der Waals surface area contributed by atoms with Crippen LogP contribution in [0.2, 0.25) is 0 Å². The minimum Gasteiger partial charge on any atom is -0.482 e. The van der Waals surface area contributed by atoms with Crippen molar-refractivity contribution in [3.05, 3.63) is 78.1 Å². The van der Waals surface area contributed by atoms with Gasteiger partial charge < -0.3 is 9.47 Å². The topological polar surface area (TPSA) is 53.4 Å². The third kappa shape index (κ3) is 4.01. The summed E-state index contributed by atoms with van der Waals surface area (Å²) in [4.78, 5) is 11.8. The van der Waals surface area contributed by atoms with Crippen molar-refractivity contribution in [3.8, 4) is 11.4 Å². The van der Waals surface area contributed by atoms with Crippen molar-refractivity contribution in [3.63, 3.8) is 0 Å². The van der Waals surface area contributed by atoms with Gasteiger partial charge in [0.05, 0.1) is 5.69 Å². The summed E-state index contributed by atoms with van der Waals surface area (Å²) in [6, 6.07) is 17.1. The molecule has 0 N–H and O–H groups in total. The molecule has 24 heavy (non-hydrogen) atoms. The van der Waals surface area contributed by atoms with Crippen LogP contribution in [0.15, 0.2) is 67.0 Å². The molecule has 5 heteroatoms. The van der Waals surface area contributed by atoms with E-state index in [0.717, 1.165) is 16.8 Å². The van der Waals surface area contributed by atoms with Gasteiger partial charge in [-0.05, 0) is 42.3 Å². The van der Waals surface area contributed by atoms with Gasteiger partial charge in [-0.3, -0.25) is 0 Å². The molecule has 0 aliphatic carbocycles. The van der Waals surface area contributed by atoms with E-state index in [4.69, 9.17) is 9.47 Å². The number of nitrogens with zero attached hydrogens (tertiary/aromatic N) is 2. The summed E-state index contributed by atoms with van der Waals surface area (Å²) in [5, 5.41) is 4.17. The molecule has 0 fully saturated rings. The van der Waals surface area contributed by atoms with E-state index in [1.165, 1.54) is 0 Å². The van der Waals surface area contributed by atoms with Crippen molar-refractivity contribution in [2.45, 2.75) is 13.5 Å². The summed E-state index contributed by atoms with van der Waals surface area (Å²) in [5.74, 6) is 0.299. The first-order valence-corrected chi connectivity index (χ1v) is 7.65. The molecule has 0 aliphatic heterocycles. The zero-order chi connectivity index (χ0) is 16.8. The number of hydrogen-bond donors (Lipinski definition) is 0. The Labute approximate surface area is 140 Å². The number of carbonyl (C=O) groups is 1. The Morgan fingerprint density at radius 3 is 2.58 bits per heavy atom. The van der Waals surface area contributed by atoms with Gasteiger partial charge in [-0.2, -0.15) is 5.10 Å². The van der Waals surface area contributed by atoms with E-state index in [-0.39, 0.29) is 13.2 Å². The SMILES string of the molecule is Cc1ccccc1OCC(=O)OCc1ccc(-n2cccn2)cc1. The van der Waals surface area contributed by atoms with Crippen LogP contribution in [0.25, 0.3) is 5.69 Å². The van der Waals surface area contributed by atoms with Crippen molar-refractivity contribution in [1.82, 2.24) is 9.78 Å². The lowest BCUT2D eigenvalue weighted by molar-refractivity contribution is -0.147. The number of ether oxygens (including phenoxy) is 2. The molecule has 1 heterocycles. The molecule has 0 unspecified atom stereocenters. The molecule has 0 amide bonds. The van der Waals surface area contributed by atoms with Crippen LogP contribution in [-0.2, 0) is 16.1 Å². The van der Waals surface area contributed by atoms with Gasteiger partial charge >= 0.3 is 5.97 Å². The lowest BCUT2D eigenvalue weighted by atomic mass is 10.2. The highest BCUT2D eigenvalue weighted by Gasteiger charge is 2.06. The Morgan fingerprint density at radius 1 is 1.08 bits per heavy atom. The second-order valence-corrected chi connectivity index (χ2v) is 5.33. The number of para-hydroxylation sites is 1. The number of rotatable bonds is 6. The number of esters is 1. The molecular weight excluding hydrogens is 304 g/mol. The van der Waals surface area contributed by atoms with Gasteiger partial charge in [0.25, 0.3) is 0 Å². The van der Waals surface area contributed by atoms with E-state index in [2.05, 4.69) is 5.10 Å². The third-order valence-electron chi connectivity index (χ3n) is 3.54. The van der Waals surface area contributed by atoms with Gasteiger partial charge in [0.15, 0.2) is 6.61 Å². The van der Waals surface area contributed by atoms with Gasteiger partial charge in [-0.25, -0.2) is 9.48 Å². The molecule has 122 valence electrons. The van der Waals surface area contributed by atoms with Crippen LogP contribution in [0.1, 0.15) is 11.1 Å². The average Bonchev–Trinajstić information content (AvgIpc) is 3.14. The largest absolute Gasteiger partial charge is 0.482 e. The van der Waals surface area contributed by atoms with E-state index in [1.54, 1.807) is 10.9 Å². The van der Waals surface area contributed by atoms with Crippen LogP contribution < -0.4 is 4.74 Å². The molecule has 2 aromatic carbocycles. The zero-order valence-electron chi connectivity index (χ0n) is 13.4. The number of carbonyl (C=O) groups excluding carboxylic acids is 1. The number of aryl methyl sites for hydroxylation is 1. The highest BCUT2D eigenvalue weighted by Crippen LogP contribution is 2.16. The molecule has 0 saturated heterocycles. The Kier molecular flexibility index (Phi) is 4.91. The van der Waals surface area contributed by atoms with Gasteiger partial charge in [-0.1, -0.05) is 30.3 Å². The predicted molar refractivity (Wildman–Crippen MR) is 90.0 cm³/mol. The molecule has 1 aromatic heterocycles. The standard InChI is InChI=1S/C19H18N2O3/c1-15-5-2-3-6-18(15)23-14-19(22)24-13-16-7-9-17(10-8-16)21-12-4-11-20-21/h2-12H,13-14H2,1H3. The molecule has 5 nitrogen and oxygen atoms in total. The van der Waals surface area contributed by atoms with E-state index in [9.17, 15) is 4.79 Å². The summed E-state index contributed by atoms with van der Waals surface area (Å²) in [6.07, 6.45) is 3.60. The fourth-order valence-electron chi connectivity index (χ4n) is 2.23. The summed E-state index contributed by atoms with van der Waals surface area (Å²) in [6.45, 7) is 2.05. The summed E-state index contributed by atoms with van der Waals surface area (Å²) >= 11 is 0. The maximum Gasteiger partial charge on any atom is 0.344 e. The van der Waals surface area contributed by atoms with Crippen LogP contribution >= 0.6 is 0 Å². The second-order valence-electron chi connectivity index (χ2n) is 5.33. The molecule has 0 atom stereocenters. The molecule has 0 bridgehead atoms. The lowest BCUT2D eigenvalue weighted by Gasteiger charge is -2.09. The van der Waals surface area contributed by atoms with E-state index in [1.807, 2.05) is 67.7 Å². The number of benzene rings is 2. The minimum atomic E-state index is -0.394. The van der Waals surface area contributed by atoms with Crippen LogP contribution in [-0.4, -0.2) is 22.4 Å². The van der Waals surface area contributed by atoms with Crippen LogP contribution in [0.5, 0.6) is 5.75 Å². The van der Waals surface area contributed by atoms with Crippen molar-refractivity contribution in [2.24, 2.45) is 0 Å². The second kappa shape index (κ2) is 7.46. The number of hydrogen-bond acceptors (Lipinski definition) is 4. The van der Waals surface area contributed by atoms with Gasteiger partial charge in [0.1, 0.15) is 12.4 Å². The molecule has 0 radical (unpaired) electrons. The van der Waals surface area contributed by atoms with Crippen molar-refractivity contribution >= 4 is 5.97 Å². The van der Waals surface area contributed by atoms with Crippen molar-refractivity contribution < 1.29 is 14.3 Å². The maximum atomic E-state index is 11.8. The van der Waals surface area contributed by atoms with Crippen molar-refractivity contribution in [1.29, 1.82) is 0 Å². The summed E-state index contributed by atoms with van der Waals surface area (Å²) < 4.78 is 12.5. The molecule has 3 aromatic rings. The monoisotopic (exact) mass is 322 g/mol. The lowest BCUT2D eigenvalue weighted by Crippen LogP contribution is -2.15. The van der Waals surface area contributed by atoms with Crippen LogP contribution in [0.4, 0.5) is 0 Å².